The normalized spacial score (nSPS) is 12.0. The average Bonchev–Trinajstić information content (AvgIpc) is 2.37. The molecule has 5 nitrogen and oxygen atoms in total. The maximum absolute atomic E-state index is 12.2. The second-order valence-corrected chi connectivity index (χ2v) is 6.60. The van der Waals surface area contributed by atoms with Gasteiger partial charge < -0.3 is 10.6 Å². The largest absolute Gasteiger partial charge is 0.398 e. The van der Waals surface area contributed by atoms with Crippen LogP contribution in [0.1, 0.15) is 20.3 Å². The Morgan fingerprint density at radius 3 is 2.55 bits per heavy atom. The second-order valence-electron chi connectivity index (χ2n) is 4.49. The smallest absolute Gasteiger partial charge is 0.244 e. The second kappa shape index (κ2) is 7.83. The number of likely N-dealkylation sites (N-methyl/N-ethyl adjacent to an activating group) is 1. The van der Waals surface area contributed by atoms with E-state index in [1.807, 2.05) is 0 Å². The van der Waals surface area contributed by atoms with Crippen LogP contribution in [-0.4, -0.2) is 39.5 Å². The number of halogens is 1. The average molecular weight is 320 g/mol. The predicted molar refractivity (Wildman–Crippen MR) is 83.5 cm³/mol. The summed E-state index contributed by atoms with van der Waals surface area (Å²) in [5.41, 5.74) is 5.86. The van der Waals surface area contributed by atoms with Crippen LogP contribution in [0.25, 0.3) is 0 Å². The van der Waals surface area contributed by atoms with E-state index in [0.29, 0.717) is 13.1 Å². The van der Waals surface area contributed by atoms with Crippen molar-refractivity contribution in [3.05, 3.63) is 23.2 Å². The first-order valence-electron chi connectivity index (χ1n) is 6.68. The molecule has 7 heteroatoms. The number of anilines is 1. The fourth-order valence-corrected chi connectivity index (χ4v) is 3.66. The van der Waals surface area contributed by atoms with Crippen LogP contribution < -0.4 is 10.5 Å². The third-order valence-electron chi connectivity index (χ3n) is 2.97. The molecule has 0 fully saturated rings. The molecule has 1 rings (SSSR count). The molecular weight excluding hydrogens is 298 g/mol. The molecule has 0 aliphatic rings. The fraction of sp³-hybridized carbons (Fsp3) is 0.538. The molecule has 20 heavy (non-hydrogen) atoms. The van der Waals surface area contributed by atoms with Gasteiger partial charge in [-0.15, -0.1) is 0 Å². The van der Waals surface area contributed by atoms with Crippen molar-refractivity contribution in [3.8, 4) is 0 Å². The van der Waals surface area contributed by atoms with E-state index in [1.165, 1.54) is 12.1 Å². The summed E-state index contributed by atoms with van der Waals surface area (Å²) in [6.45, 7) is 6.98. The summed E-state index contributed by atoms with van der Waals surface area (Å²) >= 11 is 5.92. The van der Waals surface area contributed by atoms with Crippen molar-refractivity contribution in [3.63, 3.8) is 0 Å². The van der Waals surface area contributed by atoms with Gasteiger partial charge in [0, 0.05) is 13.1 Å². The number of hydrogen-bond acceptors (Lipinski definition) is 4. The number of sulfonamides is 1. The van der Waals surface area contributed by atoms with Crippen molar-refractivity contribution in [2.45, 2.75) is 25.2 Å². The molecule has 1 aromatic rings. The molecule has 0 saturated heterocycles. The molecule has 0 heterocycles. The van der Waals surface area contributed by atoms with E-state index in [1.54, 1.807) is 6.07 Å². The quantitative estimate of drug-likeness (QED) is 0.718. The molecule has 0 atom stereocenters. The van der Waals surface area contributed by atoms with Crippen LogP contribution in [0.2, 0.25) is 5.02 Å². The molecular formula is C13H22ClN3O2S. The highest BCUT2D eigenvalue weighted by molar-refractivity contribution is 7.89. The van der Waals surface area contributed by atoms with Crippen LogP contribution in [0.4, 0.5) is 5.69 Å². The maximum atomic E-state index is 12.2. The minimum atomic E-state index is -3.67. The SMILES string of the molecule is CCCN(CC)CCNS(=O)(=O)c1c(N)cccc1Cl. The zero-order valence-corrected chi connectivity index (χ0v) is 13.5. The Bertz CT molecular complexity index is 514. The van der Waals surface area contributed by atoms with Crippen LogP contribution in [0.5, 0.6) is 0 Å². The minimum Gasteiger partial charge on any atom is -0.398 e. The van der Waals surface area contributed by atoms with Crippen molar-refractivity contribution in [1.29, 1.82) is 0 Å². The third-order valence-corrected chi connectivity index (χ3v) is 4.98. The van der Waals surface area contributed by atoms with Gasteiger partial charge in [0.2, 0.25) is 10.0 Å². The van der Waals surface area contributed by atoms with E-state index in [0.717, 1.165) is 19.5 Å². The van der Waals surface area contributed by atoms with Crippen molar-refractivity contribution < 1.29 is 8.42 Å². The monoisotopic (exact) mass is 319 g/mol. The van der Waals surface area contributed by atoms with Crippen LogP contribution in [0, 0.1) is 0 Å². The third kappa shape index (κ3) is 4.63. The zero-order chi connectivity index (χ0) is 15.2. The Hall–Kier alpha value is -0.820. The highest BCUT2D eigenvalue weighted by Gasteiger charge is 2.20. The number of rotatable bonds is 8. The van der Waals surface area contributed by atoms with Gasteiger partial charge in [-0.25, -0.2) is 13.1 Å². The standard InChI is InChI=1S/C13H22ClN3O2S/c1-3-9-17(4-2)10-8-16-20(18,19)13-11(14)6-5-7-12(13)15/h5-7,16H,3-4,8-10,15H2,1-2H3. The van der Waals surface area contributed by atoms with E-state index in [4.69, 9.17) is 17.3 Å². The molecule has 0 spiro atoms. The van der Waals surface area contributed by atoms with E-state index in [-0.39, 0.29) is 15.6 Å². The minimum absolute atomic E-state index is 0.0415. The van der Waals surface area contributed by atoms with Crippen molar-refractivity contribution >= 4 is 27.3 Å². The molecule has 0 aliphatic carbocycles. The summed E-state index contributed by atoms with van der Waals surface area (Å²) in [7, 11) is -3.67. The lowest BCUT2D eigenvalue weighted by Gasteiger charge is -2.19. The highest BCUT2D eigenvalue weighted by Crippen LogP contribution is 2.26. The molecule has 0 aromatic heterocycles. The maximum Gasteiger partial charge on any atom is 0.244 e. The molecule has 0 amide bonds. The summed E-state index contributed by atoms with van der Waals surface area (Å²) in [5, 5.41) is 0.137. The molecule has 0 radical (unpaired) electrons. The number of nitrogens with zero attached hydrogens (tertiary/aromatic N) is 1. The molecule has 0 saturated carbocycles. The number of nitrogen functional groups attached to an aromatic ring is 1. The van der Waals surface area contributed by atoms with E-state index in [2.05, 4.69) is 23.5 Å². The first-order chi connectivity index (χ1) is 9.42. The molecule has 1 aromatic carbocycles. The lowest BCUT2D eigenvalue weighted by Crippen LogP contribution is -2.35. The summed E-state index contributed by atoms with van der Waals surface area (Å²) < 4.78 is 27.0. The number of hydrogen-bond donors (Lipinski definition) is 2. The summed E-state index contributed by atoms with van der Waals surface area (Å²) in [5.74, 6) is 0. The van der Waals surface area contributed by atoms with Gasteiger partial charge in [0.1, 0.15) is 4.90 Å². The molecule has 0 bridgehead atoms. The van der Waals surface area contributed by atoms with Crippen LogP contribution >= 0.6 is 11.6 Å². The Morgan fingerprint density at radius 1 is 1.30 bits per heavy atom. The van der Waals surface area contributed by atoms with Gasteiger partial charge >= 0.3 is 0 Å². The molecule has 3 N–H and O–H groups in total. The van der Waals surface area contributed by atoms with Crippen molar-refractivity contribution in [2.75, 3.05) is 31.9 Å². The first-order valence-corrected chi connectivity index (χ1v) is 8.54. The Labute approximate surface area is 126 Å². The van der Waals surface area contributed by atoms with Crippen molar-refractivity contribution in [2.24, 2.45) is 0 Å². The Morgan fingerprint density at radius 2 is 2.00 bits per heavy atom. The van der Waals surface area contributed by atoms with E-state index >= 15 is 0 Å². The van der Waals surface area contributed by atoms with E-state index in [9.17, 15) is 8.42 Å². The Balaban J connectivity index is 2.71. The summed E-state index contributed by atoms with van der Waals surface area (Å²) in [6.07, 6.45) is 1.04. The van der Waals surface area contributed by atoms with Crippen molar-refractivity contribution in [1.82, 2.24) is 9.62 Å². The first kappa shape index (κ1) is 17.2. The Kier molecular flexibility index (Phi) is 6.75. The van der Waals surface area contributed by atoms with Crippen LogP contribution in [0.15, 0.2) is 23.1 Å². The molecule has 0 unspecified atom stereocenters. The van der Waals surface area contributed by atoms with Crippen LogP contribution in [-0.2, 0) is 10.0 Å². The number of nitrogens with one attached hydrogen (secondary N) is 1. The fourth-order valence-electron chi connectivity index (χ4n) is 1.96. The predicted octanol–water partition coefficient (Wildman–Crippen LogP) is 1.93. The highest BCUT2D eigenvalue weighted by atomic mass is 35.5. The molecule has 114 valence electrons. The van der Waals surface area contributed by atoms with Gasteiger partial charge in [0.15, 0.2) is 0 Å². The van der Waals surface area contributed by atoms with Gasteiger partial charge in [0.05, 0.1) is 10.7 Å². The van der Waals surface area contributed by atoms with Gasteiger partial charge in [-0.05, 0) is 31.6 Å². The van der Waals surface area contributed by atoms with Gasteiger partial charge in [0.25, 0.3) is 0 Å². The topological polar surface area (TPSA) is 75.4 Å². The zero-order valence-electron chi connectivity index (χ0n) is 11.9. The van der Waals surface area contributed by atoms with E-state index < -0.39 is 10.0 Å². The summed E-state index contributed by atoms with van der Waals surface area (Å²) in [6, 6.07) is 4.66. The lowest BCUT2D eigenvalue weighted by molar-refractivity contribution is 0.293. The number of nitrogens with two attached hydrogens (primary N) is 1. The van der Waals surface area contributed by atoms with Crippen LogP contribution in [0.3, 0.4) is 0 Å². The summed E-state index contributed by atoms with van der Waals surface area (Å²) in [4.78, 5) is 2.14. The number of benzene rings is 1. The van der Waals surface area contributed by atoms with Gasteiger partial charge in [-0.3, -0.25) is 0 Å². The van der Waals surface area contributed by atoms with Gasteiger partial charge in [-0.2, -0.15) is 0 Å². The lowest BCUT2D eigenvalue weighted by atomic mass is 10.3. The van der Waals surface area contributed by atoms with Gasteiger partial charge in [-0.1, -0.05) is 31.5 Å². The molecule has 0 aliphatic heterocycles.